The van der Waals surface area contributed by atoms with Crippen molar-refractivity contribution in [2.75, 3.05) is 19.8 Å². The van der Waals surface area contributed by atoms with E-state index in [0.717, 1.165) is 26.3 Å². The third-order valence-corrected chi connectivity index (χ3v) is 2.48. The molecule has 0 saturated carbocycles. The summed E-state index contributed by atoms with van der Waals surface area (Å²) in [6.45, 7) is 12.0. The van der Waals surface area contributed by atoms with Gasteiger partial charge in [-0.2, -0.15) is 0 Å². The summed E-state index contributed by atoms with van der Waals surface area (Å²) in [4.78, 5) is 4.17. The van der Waals surface area contributed by atoms with Crippen molar-refractivity contribution in [1.82, 2.24) is 14.9 Å². The zero-order valence-corrected chi connectivity index (χ0v) is 11.4. The zero-order chi connectivity index (χ0) is 12.7. The third kappa shape index (κ3) is 5.33. The average Bonchev–Trinajstić information content (AvgIpc) is 2.71. The van der Waals surface area contributed by atoms with E-state index in [9.17, 15) is 0 Å². The van der Waals surface area contributed by atoms with Gasteiger partial charge in [0.2, 0.25) is 0 Å². The molecular weight excluding hydrogens is 214 g/mol. The molecule has 1 aromatic heterocycles. The van der Waals surface area contributed by atoms with Crippen LogP contribution in [0.4, 0.5) is 0 Å². The minimum atomic E-state index is 0.464. The Bertz CT molecular complexity index is 307. The van der Waals surface area contributed by atoms with Gasteiger partial charge in [-0.3, -0.25) is 0 Å². The summed E-state index contributed by atoms with van der Waals surface area (Å²) in [7, 11) is 0. The van der Waals surface area contributed by atoms with E-state index in [2.05, 4.69) is 42.6 Å². The SMILES string of the molecule is CC(C)COCCNCc1cncn1C(C)C. The lowest BCUT2D eigenvalue weighted by atomic mass is 10.2. The number of ether oxygens (including phenoxy) is 1. The quantitative estimate of drug-likeness (QED) is 0.707. The number of aromatic nitrogens is 2. The maximum absolute atomic E-state index is 5.51. The standard InChI is InChI=1S/C13H25N3O/c1-11(2)9-17-6-5-14-7-13-8-15-10-16(13)12(3)4/h8,10-12,14H,5-7,9H2,1-4H3. The number of imidazole rings is 1. The first-order chi connectivity index (χ1) is 8.11. The van der Waals surface area contributed by atoms with Crippen molar-refractivity contribution >= 4 is 0 Å². The Balaban J connectivity index is 2.16. The first-order valence-electron chi connectivity index (χ1n) is 6.40. The van der Waals surface area contributed by atoms with Crippen LogP contribution in [0, 0.1) is 5.92 Å². The Morgan fingerprint density at radius 1 is 1.35 bits per heavy atom. The summed E-state index contributed by atoms with van der Waals surface area (Å²) in [6, 6.07) is 0.464. The number of hydrogen-bond acceptors (Lipinski definition) is 3. The second kappa shape index (κ2) is 7.45. The van der Waals surface area contributed by atoms with Gasteiger partial charge < -0.3 is 14.6 Å². The van der Waals surface area contributed by atoms with Crippen LogP contribution < -0.4 is 5.32 Å². The lowest BCUT2D eigenvalue weighted by molar-refractivity contribution is 0.111. The minimum absolute atomic E-state index is 0.464. The van der Waals surface area contributed by atoms with Crippen LogP contribution in [-0.2, 0) is 11.3 Å². The molecule has 0 amide bonds. The fourth-order valence-electron chi connectivity index (χ4n) is 1.61. The minimum Gasteiger partial charge on any atom is -0.380 e. The van der Waals surface area contributed by atoms with Gasteiger partial charge in [-0.1, -0.05) is 13.8 Å². The molecule has 17 heavy (non-hydrogen) atoms. The van der Waals surface area contributed by atoms with E-state index < -0.39 is 0 Å². The van der Waals surface area contributed by atoms with Crippen LogP contribution in [0.25, 0.3) is 0 Å². The maximum atomic E-state index is 5.51. The van der Waals surface area contributed by atoms with E-state index >= 15 is 0 Å². The van der Waals surface area contributed by atoms with E-state index in [1.54, 1.807) is 0 Å². The fraction of sp³-hybridized carbons (Fsp3) is 0.769. The molecule has 0 aliphatic carbocycles. The van der Waals surface area contributed by atoms with Gasteiger partial charge in [-0.25, -0.2) is 4.98 Å². The molecule has 1 heterocycles. The van der Waals surface area contributed by atoms with Crippen molar-refractivity contribution in [3.05, 3.63) is 18.2 Å². The highest BCUT2D eigenvalue weighted by Crippen LogP contribution is 2.07. The topological polar surface area (TPSA) is 39.1 Å². The predicted octanol–water partition coefficient (Wildman–Crippen LogP) is 2.23. The molecule has 1 aromatic rings. The molecule has 0 saturated heterocycles. The van der Waals surface area contributed by atoms with Crippen molar-refractivity contribution in [1.29, 1.82) is 0 Å². The fourth-order valence-corrected chi connectivity index (χ4v) is 1.61. The lowest BCUT2D eigenvalue weighted by Crippen LogP contribution is -2.22. The Morgan fingerprint density at radius 3 is 2.76 bits per heavy atom. The van der Waals surface area contributed by atoms with Crippen molar-refractivity contribution in [2.24, 2.45) is 5.92 Å². The van der Waals surface area contributed by atoms with Gasteiger partial charge in [0.05, 0.1) is 18.6 Å². The molecule has 0 radical (unpaired) electrons. The summed E-state index contributed by atoms with van der Waals surface area (Å²) in [5, 5.41) is 3.37. The Hall–Kier alpha value is -0.870. The first-order valence-corrected chi connectivity index (χ1v) is 6.40. The van der Waals surface area contributed by atoms with Gasteiger partial charge in [-0.15, -0.1) is 0 Å². The van der Waals surface area contributed by atoms with Crippen molar-refractivity contribution in [3.8, 4) is 0 Å². The monoisotopic (exact) mass is 239 g/mol. The van der Waals surface area contributed by atoms with E-state index in [0.29, 0.717) is 12.0 Å². The van der Waals surface area contributed by atoms with Gasteiger partial charge in [-0.05, 0) is 19.8 Å². The smallest absolute Gasteiger partial charge is 0.0951 e. The Morgan fingerprint density at radius 2 is 2.12 bits per heavy atom. The number of rotatable bonds is 8. The molecule has 1 N–H and O–H groups in total. The van der Waals surface area contributed by atoms with E-state index in [-0.39, 0.29) is 0 Å². The first kappa shape index (κ1) is 14.2. The summed E-state index contributed by atoms with van der Waals surface area (Å²) < 4.78 is 7.69. The van der Waals surface area contributed by atoms with Crippen LogP contribution in [0.3, 0.4) is 0 Å². The molecule has 4 heteroatoms. The van der Waals surface area contributed by atoms with Gasteiger partial charge in [0, 0.05) is 31.9 Å². The van der Waals surface area contributed by atoms with Gasteiger partial charge in [0.1, 0.15) is 0 Å². The van der Waals surface area contributed by atoms with Crippen LogP contribution in [0.15, 0.2) is 12.5 Å². The van der Waals surface area contributed by atoms with Crippen molar-refractivity contribution in [3.63, 3.8) is 0 Å². The normalized spacial score (nSPS) is 11.6. The van der Waals surface area contributed by atoms with E-state index in [4.69, 9.17) is 4.74 Å². The highest BCUT2D eigenvalue weighted by Gasteiger charge is 2.04. The Kier molecular flexibility index (Phi) is 6.22. The molecule has 0 aliphatic heterocycles. The molecule has 0 aliphatic rings. The van der Waals surface area contributed by atoms with Crippen LogP contribution in [0.5, 0.6) is 0 Å². The molecule has 1 rings (SSSR count). The largest absolute Gasteiger partial charge is 0.380 e. The zero-order valence-electron chi connectivity index (χ0n) is 11.4. The number of nitrogens with zero attached hydrogens (tertiary/aromatic N) is 2. The van der Waals surface area contributed by atoms with Crippen LogP contribution in [0.1, 0.15) is 39.4 Å². The van der Waals surface area contributed by atoms with E-state index in [1.165, 1.54) is 5.69 Å². The van der Waals surface area contributed by atoms with Crippen molar-refractivity contribution < 1.29 is 4.74 Å². The van der Waals surface area contributed by atoms with Gasteiger partial charge in [0.25, 0.3) is 0 Å². The molecule has 0 bridgehead atoms. The molecule has 98 valence electrons. The van der Waals surface area contributed by atoms with Crippen LogP contribution in [0.2, 0.25) is 0 Å². The molecule has 0 spiro atoms. The second-order valence-corrected chi connectivity index (χ2v) is 5.03. The second-order valence-electron chi connectivity index (χ2n) is 5.03. The number of hydrogen-bond donors (Lipinski definition) is 1. The molecule has 4 nitrogen and oxygen atoms in total. The highest BCUT2D eigenvalue weighted by molar-refractivity contribution is 4.99. The average molecular weight is 239 g/mol. The van der Waals surface area contributed by atoms with Crippen LogP contribution in [-0.4, -0.2) is 29.3 Å². The van der Waals surface area contributed by atoms with Gasteiger partial charge >= 0.3 is 0 Å². The summed E-state index contributed by atoms with van der Waals surface area (Å²) in [5.41, 5.74) is 1.23. The summed E-state index contributed by atoms with van der Waals surface area (Å²) in [5.74, 6) is 0.609. The Labute approximate surface area is 104 Å². The molecule has 0 unspecified atom stereocenters. The molecule has 0 atom stereocenters. The predicted molar refractivity (Wildman–Crippen MR) is 70.0 cm³/mol. The van der Waals surface area contributed by atoms with Crippen molar-refractivity contribution in [2.45, 2.75) is 40.3 Å². The number of nitrogens with one attached hydrogen (secondary N) is 1. The molecule has 0 aromatic carbocycles. The molecular formula is C13H25N3O. The summed E-state index contributed by atoms with van der Waals surface area (Å²) >= 11 is 0. The van der Waals surface area contributed by atoms with Gasteiger partial charge in [0.15, 0.2) is 0 Å². The highest BCUT2D eigenvalue weighted by atomic mass is 16.5. The van der Waals surface area contributed by atoms with Crippen LogP contribution >= 0.6 is 0 Å². The molecule has 0 fully saturated rings. The van der Waals surface area contributed by atoms with E-state index in [1.807, 2.05) is 12.5 Å². The maximum Gasteiger partial charge on any atom is 0.0951 e. The lowest BCUT2D eigenvalue weighted by Gasteiger charge is -2.12. The summed E-state index contributed by atoms with van der Waals surface area (Å²) in [6.07, 6.45) is 3.80. The third-order valence-electron chi connectivity index (χ3n) is 2.48.